The lowest BCUT2D eigenvalue weighted by Gasteiger charge is -2.18. The summed E-state index contributed by atoms with van der Waals surface area (Å²) in [5.41, 5.74) is 5.88. The second-order valence-corrected chi connectivity index (χ2v) is 4.89. The number of nitrogen functional groups attached to an aromatic ring is 1. The number of nitrogens with zero attached hydrogens (tertiary/aromatic N) is 1. The highest BCUT2D eigenvalue weighted by molar-refractivity contribution is 5.63. The number of hydrogen-bond donors (Lipinski definition) is 3. The maximum atomic E-state index is 10.9. The fraction of sp³-hybridized carbons (Fsp3) is 0.200. The summed E-state index contributed by atoms with van der Waals surface area (Å²) in [5, 5.41) is 14.2. The quantitative estimate of drug-likeness (QED) is 0.445. The van der Waals surface area contributed by atoms with Crippen molar-refractivity contribution in [2.45, 2.75) is 19.9 Å². The van der Waals surface area contributed by atoms with Crippen LogP contribution in [-0.2, 0) is 0 Å². The molecule has 0 spiro atoms. The molecule has 0 radical (unpaired) electrons. The number of rotatable bonds is 5. The van der Waals surface area contributed by atoms with Crippen LogP contribution in [0, 0.1) is 17.0 Å². The zero-order valence-corrected chi connectivity index (χ0v) is 12.0. The fourth-order valence-corrected chi connectivity index (χ4v) is 2.28. The SMILES string of the molecule is Cc1ccccc1C(C)Nc1cc(NN)cc([N+](=O)[O-])c1. The topological polar surface area (TPSA) is 93.2 Å². The summed E-state index contributed by atoms with van der Waals surface area (Å²) in [7, 11) is 0. The number of nitrogens with one attached hydrogen (secondary N) is 2. The number of benzene rings is 2. The van der Waals surface area contributed by atoms with E-state index in [1.165, 1.54) is 17.7 Å². The predicted molar refractivity (Wildman–Crippen MR) is 84.1 cm³/mol. The summed E-state index contributed by atoms with van der Waals surface area (Å²) in [6.07, 6.45) is 0. The Morgan fingerprint density at radius 3 is 2.48 bits per heavy atom. The number of hydrogen-bond acceptors (Lipinski definition) is 5. The molecule has 4 N–H and O–H groups in total. The Hall–Kier alpha value is -2.60. The molecular formula is C15H18N4O2. The van der Waals surface area contributed by atoms with Crippen LogP contribution in [0.3, 0.4) is 0 Å². The van der Waals surface area contributed by atoms with Gasteiger partial charge < -0.3 is 10.7 Å². The van der Waals surface area contributed by atoms with Crippen molar-refractivity contribution < 1.29 is 4.92 Å². The van der Waals surface area contributed by atoms with Crippen LogP contribution in [0.2, 0.25) is 0 Å². The molecule has 0 fully saturated rings. The maximum Gasteiger partial charge on any atom is 0.273 e. The molecule has 6 nitrogen and oxygen atoms in total. The van der Waals surface area contributed by atoms with E-state index in [-0.39, 0.29) is 11.7 Å². The van der Waals surface area contributed by atoms with Gasteiger partial charge in [0.2, 0.25) is 0 Å². The number of nitrogens with two attached hydrogens (primary N) is 1. The van der Waals surface area contributed by atoms with Gasteiger partial charge in [-0.05, 0) is 31.0 Å². The van der Waals surface area contributed by atoms with Crippen LogP contribution in [-0.4, -0.2) is 4.92 Å². The molecule has 1 atom stereocenters. The highest BCUT2D eigenvalue weighted by Gasteiger charge is 2.12. The Kier molecular flexibility index (Phi) is 4.39. The normalized spacial score (nSPS) is 11.8. The van der Waals surface area contributed by atoms with Crippen molar-refractivity contribution in [1.29, 1.82) is 0 Å². The molecule has 0 aliphatic carbocycles. The number of nitro benzene ring substituents is 1. The average Bonchev–Trinajstić information content (AvgIpc) is 2.47. The van der Waals surface area contributed by atoms with E-state index >= 15 is 0 Å². The molecule has 0 amide bonds. The highest BCUT2D eigenvalue weighted by Crippen LogP contribution is 2.27. The molecule has 1 unspecified atom stereocenters. The third kappa shape index (κ3) is 3.49. The van der Waals surface area contributed by atoms with Crippen LogP contribution in [0.25, 0.3) is 0 Å². The fourth-order valence-electron chi connectivity index (χ4n) is 2.28. The van der Waals surface area contributed by atoms with Gasteiger partial charge in [0.05, 0.1) is 10.6 Å². The molecule has 2 aromatic rings. The number of hydrazine groups is 1. The van der Waals surface area contributed by atoms with Crippen molar-refractivity contribution in [1.82, 2.24) is 0 Å². The number of anilines is 2. The van der Waals surface area contributed by atoms with Crippen LogP contribution in [0.5, 0.6) is 0 Å². The van der Waals surface area contributed by atoms with Gasteiger partial charge in [0, 0.05) is 23.9 Å². The standard InChI is InChI=1S/C15H18N4O2/c1-10-5-3-4-6-15(10)11(2)17-12-7-13(18-16)9-14(8-12)19(20)21/h3-9,11,17-18H,16H2,1-2H3. The lowest BCUT2D eigenvalue weighted by Crippen LogP contribution is -2.10. The minimum Gasteiger partial charge on any atom is -0.378 e. The first kappa shape index (κ1) is 14.8. The van der Waals surface area contributed by atoms with Gasteiger partial charge in [-0.1, -0.05) is 24.3 Å². The van der Waals surface area contributed by atoms with E-state index in [0.29, 0.717) is 11.4 Å². The first-order chi connectivity index (χ1) is 10.0. The second kappa shape index (κ2) is 6.23. The molecule has 21 heavy (non-hydrogen) atoms. The Bertz CT molecular complexity index is 658. The van der Waals surface area contributed by atoms with Gasteiger partial charge in [-0.2, -0.15) is 0 Å². The van der Waals surface area contributed by atoms with Gasteiger partial charge >= 0.3 is 0 Å². The van der Waals surface area contributed by atoms with Gasteiger partial charge in [0.1, 0.15) is 0 Å². The molecule has 0 heterocycles. The smallest absolute Gasteiger partial charge is 0.273 e. The van der Waals surface area contributed by atoms with E-state index in [4.69, 9.17) is 5.84 Å². The third-order valence-electron chi connectivity index (χ3n) is 3.33. The number of nitro groups is 1. The van der Waals surface area contributed by atoms with Crippen molar-refractivity contribution in [3.8, 4) is 0 Å². The molecule has 2 aromatic carbocycles. The summed E-state index contributed by atoms with van der Waals surface area (Å²) >= 11 is 0. The molecule has 0 aromatic heterocycles. The van der Waals surface area contributed by atoms with E-state index in [2.05, 4.69) is 10.7 Å². The molecule has 0 bridgehead atoms. The highest BCUT2D eigenvalue weighted by atomic mass is 16.6. The van der Waals surface area contributed by atoms with Crippen molar-refractivity contribution in [3.63, 3.8) is 0 Å². The maximum absolute atomic E-state index is 10.9. The van der Waals surface area contributed by atoms with Crippen molar-refractivity contribution in [2.75, 3.05) is 10.7 Å². The molecule has 2 rings (SSSR count). The summed E-state index contributed by atoms with van der Waals surface area (Å²) in [6.45, 7) is 4.05. The minimum absolute atomic E-state index is 0.00932. The van der Waals surface area contributed by atoms with Gasteiger partial charge in [-0.25, -0.2) is 0 Å². The van der Waals surface area contributed by atoms with Crippen LogP contribution >= 0.6 is 0 Å². The summed E-state index contributed by atoms with van der Waals surface area (Å²) in [5.74, 6) is 5.35. The third-order valence-corrected chi connectivity index (χ3v) is 3.33. The minimum atomic E-state index is -0.440. The lowest BCUT2D eigenvalue weighted by atomic mass is 10.0. The Labute approximate surface area is 123 Å². The first-order valence-corrected chi connectivity index (χ1v) is 6.59. The van der Waals surface area contributed by atoms with Crippen molar-refractivity contribution in [2.24, 2.45) is 5.84 Å². The first-order valence-electron chi connectivity index (χ1n) is 6.59. The van der Waals surface area contributed by atoms with Gasteiger partial charge in [0.15, 0.2) is 0 Å². The Balaban J connectivity index is 2.28. The molecule has 6 heteroatoms. The van der Waals surface area contributed by atoms with Gasteiger partial charge in [0.25, 0.3) is 5.69 Å². The van der Waals surface area contributed by atoms with Crippen LogP contribution in [0.1, 0.15) is 24.1 Å². The van der Waals surface area contributed by atoms with Crippen LogP contribution in [0.4, 0.5) is 17.1 Å². The molecule has 0 aliphatic rings. The number of aryl methyl sites for hydroxylation is 1. The zero-order valence-electron chi connectivity index (χ0n) is 12.0. The van der Waals surface area contributed by atoms with E-state index in [0.717, 1.165) is 5.56 Å². The molecule has 110 valence electrons. The second-order valence-electron chi connectivity index (χ2n) is 4.89. The van der Waals surface area contributed by atoms with Crippen molar-refractivity contribution in [3.05, 3.63) is 63.7 Å². The summed E-state index contributed by atoms with van der Waals surface area (Å²) in [4.78, 5) is 10.5. The largest absolute Gasteiger partial charge is 0.378 e. The van der Waals surface area contributed by atoms with Gasteiger partial charge in [-0.15, -0.1) is 0 Å². The average molecular weight is 286 g/mol. The monoisotopic (exact) mass is 286 g/mol. The van der Waals surface area contributed by atoms with Crippen LogP contribution in [0.15, 0.2) is 42.5 Å². The van der Waals surface area contributed by atoms with Gasteiger partial charge in [-0.3, -0.25) is 16.0 Å². The predicted octanol–water partition coefficient (Wildman–Crippen LogP) is 3.36. The number of non-ortho nitro benzene ring substituents is 1. The summed E-state index contributed by atoms with van der Waals surface area (Å²) in [6, 6.07) is 12.7. The lowest BCUT2D eigenvalue weighted by molar-refractivity contribution is -0.384. The van der Waals surface area contributed by atoms with E-state index in [1.807, 2.05) is 38.1 Å². The molecule has 0 saturated heterocycles. The van der Waals surface area contributed by atoms with E-state index in [1.54, 1.807) is 6.07 Å². The summed E-state index contributed by atoms with van der Waals surface area (Å²) < 4.78 is 0. The van der Waals surface area contributed by atoms with E-state index in [9.17, 15) is 10.1 Å². The molecule has 0 aliphatic heterocycles. The van der Waals surface area contributed by atoms with E-state index < -0.39 is 4.92 Å². The van der Waals surface area contributed by atoms with Crippen molar-refractivity contribution >= 4 is 17.1 Å². The molecular weight excluding hydrogens is 268 g/mol. The Morgan fingerprint density at radius 2 is 1.86 bits per heavy atom. The zero-order chi connectivity index (χ0) is 15.4. The molecule has 0 saturated carbocycles. The Morgan fingerprint density at radius 1 is 1.19 bits per heavy atom. The van der Waals surface area contributed by atoms with Crippen LogP contribution < -0.4 is 16.6 Å².